The zero-order valence-electron chi connectivity index (χ0n) is 13.9. The van der Waals surface area contributed by atoms with Crippen molar-refractivity contribution in [3.63, 3.8) is 0 Å². The normalized spacial score (nSPS) is 27.5. The number of aromatic amines is 1. The van der Waals surface area contributed by atoms with Gasteiger partial charge in [-0.2, -0.15) is 10.6 Å². The molecule has 3 fully saturated rings. The predicted octanol–water partition coefficient (Wildman–Crippen LogP) is 0.663. The molecule has 1 aromatic carbocycles. The van der Waals surface area contributed by atoms with Gasteiger partial charge in [-0.25, -0.2) is 4.84 Å². The molecule has 1 saturated carbocycles. The Labute approximate surface area is 140 Å². The van der Waals surface area contributed by atoms with Gasteiger partial charge in [0.1, 0.15) is 0 Å². The van der Waals surface area contributed by atoms with Crippen LogP contribution in [-0.4, -0.2) is 46.7 Å². The molecule has 7 nitrogen and oxygen atoms in total. The third-order valence-electron chi connectivity index (χ3n) is 5.95. The molecule has 0 bridgehead atoms. The Bertz CT molecular complexity index is 753. The van der Waals surface area contributed by atoms with Crippen LogP contribution in [0, 0.1) is 5.92 Å². The highest BCUT2D eigenvalue weighted by molar-refractivity contribution is 6.04. The second kappa shape index (κ2) is 5.84. The number of rotatable bonds is 3. The number of primary amides is 1. The zero-order valence-corrected chi connectivity index (χ0v) is 13.9. The summed E-state index contributed by atoms with van der Waals surface area (Å²) in [6, 6.07) is 5.47. The first-order valence-electron chi connectivity index (χ1n) is 8.53. The number of carbonyl (C=O) groups is 1. The van der Waals surface area contributed by atoms with E-state index >= 15 is 0 Å². The van der Waals surface area contributed by atoms with Gasteiger partial charge in [0.25, 0.3) is 5.91 Å². The predicted molar refractivity (Wildman–Crippen MR) is 89.5 cm³/mol. The fourth-order valence-electron chi connectivity index (χ4n) is 4.47. The number of aromatic nitrogens is 2. The smallest absolute Gasteiger partial charge is 0.269 e. The van der Waals surface area contributed by atoms with Gasteiger partial charge in [0.05, 0.1) is 12.6 Å². The fourth-order valence-corrected chi connectivity index (χ4v) is 4.47. The molecule has 1 aliphatic carbocycles. The van der Waals surface area contributed by atoms with Crippen molar-refractivity contribution in [2.24, 2.45) is 11.7 Å². The van der Waals surface area contributed by atoms with Crippen LogP contribution in [0.1, 0.15) is 36.2 Å². The van der Waals surface area contributed by atoms with Crippen LogP contribution >= 0.6 is 0 Å². The van der Waals surface area contributed by atoms with Crippen LogP contribution in [0.2, 0.25) is 0 Å². The van der Waals surface area contributed by atoms with E-state index < -0.39 is 5.91 Å². The molecule has 0 radical (unpaired) electrons. The van der Waals surface area contributed by atoms with Crippen LogP contribution in [0.25, 0.3) is 10.9 Å². The maximum absolute atomic E-state index is 11.0. The van der Waals surface area contributed by atoms with Crippen molar-refractivity contribution in [1.29, 1.82) is 0 Å². The third-order valence-corrected chi connectivity index (χ3v) is 5.95. The minimum Gasteiger partial charge on any atom is -0.364 e. The molecule has 1 aromatic heterocycles. The molecule has 5 rings (SSSR count). The molecule has 2 saturated heterocycles. The summed E-state index contributed by atoms with van der Waals surface area (Å²) in [5, 5.41) is 7.28. The maximum Gasteiger partial charge on any atom is 0.269 e. The topological polar surface area (TPSA) is 101 Å². The largest absolute Gasteiger partial charge is 0.364 e. The van der Waals surface area contributed by atoms with E-state index in [9.17, 15) is 4.79 Å². The van der Waals surface area contributed by atoms with Crippen LogP contribution in [0.5, 0.6) is 0 Å². The highest BCUT2D eigenvalue weighted by Gasteiger charge is 2.59. The van der Waals surface area contributed by atoms with E-state index in [0.29, 0.717) is 5.39 Å². The van der Waals surface area contributed by atoms with Gasteiger partial charge >= 0.3 is 0 Å². The second-order valence-electron chi connectivity index (χ2n) is 6.96. The first kappa shape index (κ1) is 15.6. The van der Waals surface area contributed by atoms with Crippen molar-refractivity contribution in [3.8, 4) is 0 Å². The molecule has 5 N–H and O–H groups in total. The summed E-state index contributed by atoms with van der Waals surface area (Å²) < 4.78 is 0. The van der Waals surface area contributed by atoms with Gasteiger partial charge in [-0.15, -0.1) is 0 Å². The standard InChI is InChI=1S/C9H10N4O2.C8H13N/c1-15-13-5-2-3-7-6(4-5)8(9(10)14)12-11-7;1-3-8-4-6-9(8)5-2-7(1)8/h2-4,13H,1H3,(H2,10,14)(H,11,12);7H,1-6H2/p+1. The van der Waals surface area contributed by atoms with E-state index in [0.717, 1.165) is 22.7 Å². The van der Waals surface area contributed by atoms with E-state index in [4.69, 9.17) is 10.6 Å². The summed E-state index contributed by atoms with van der Waals surface area (Å²) in [6.45, 7) is 2.83. The summed E-state index contributed by atoms with van der Waals surface area (Å²) in [6.07, 6.45) is 6.10. The quantitative estimate of drug-likeness (QED) is 0.568. The summed E-state index contributed by atoms with van der Waals surface area (Å²) >= 11 is 0. The van der Waals surface area contributed by atoms with Gasteiger partial charge in [0, 0.05) is 29.6 Å². The molecular weight excluding hydrogens is 306 g/mol. The van der Waals surface area contributed by atoms with E-state index in [2.05, 4.69) is 15.1 Å². The molecule has 3 aliphatic rings. The van der Waals surface area contributed by atoms with Crippen LogP contribution in [-0.2, 0) is 4.84 Å². The van der Waals surface area contributed by atoms with Gasteiger partial charge in [-0.3, -0.25) is 14.8 Å². The number of nitrogens with one attached hydrogen (secondary N) is 1. The van der Waals surface area contributed by atoms with Crippen LogP contribution in [0.4, 0.5) is 5.69 Å². The Hall–Kier alpha value is -1.96. The summed E-state index contributed by atoms with van der Waals surface area (Å²) in [5.41, 5.74) is 9.45. The van der Waals surface area contributed by atoms with E-state index in [1.165, 1.54) is 38.8 Å². The Morgan fingerprint density at radius 3 is 2.83 bits per heavy atom. The van der Waals surface area contributed by atoms with Gasteiger partial charge in [0.2, 0.25) is 0 Å². The highest BCUT2D eigenvalue weighted by atomic mass is 16.6. The molecule has 3 heterocycles. The van der Waals surface area contributed by atoms with E-state index in [1.54, 1.807) is 18.7 Å². The Morgan fingerprint density at radius 2 is 2.29 bits per heavy atom. The highest BCUT2D eigenvalue weighted by Crippen LogP contribution is 2.57. The lowest BCUT2D eigenvalue weighted by Crippen LogP contribution is -2.75. The fraction of sp³-hybridized carbons (Fsp3) is 0.529. The molecule has 1 amide bonds. The molecule has 24 heavy (non-hydrogen) atoms. The molecule has 2 unspecified atom stereocenters. The average Bonchev–Trinajstić information content (AvgIpc) is 2.99. The number of fused-ring (bicyclic) bond motifs is 1. The van der Waals surface area contributed by atoms with E-state index in [1.807, 2.05) is 12.1 Å². The summed E-state index contributed by atoms with van der Waals surface area (Å²) in [5.74, 6) is 0.585. The van der Waals surface area contributed by atoms with Crippen molar-refractivity contribution in [2.45, 2.75) is 31.2 Å². The molecule has 128 valence electrons. The number of amides is 1. The summed E-state index contributed by atoms with van der Waals surface area (Å²) in [7, 11) is 1.56. The van der Waals surface area contributed by atoms with Crippen molar-refractivity contribution in [1.82, 2.24) is 15.1 Å². The number of quaternary nitrogens is 1. The monoisotopic (exact) mass is 330 g/mol. The minimum absolute atomic E-state index is 0.247. The molecule has 2 atom stereocenters. The van der Waals surface area contributed by atoms with Gasteiger partial charge < -0.3 is 5.73 Å². The molecular formula is C17H24N5O2+. The Morgan fingerprint density at radius 1 is 1.42 bits per heavy atom. The number of benzene rings is 1. The van der Waals surface area contributed by atoms with Crippen molar-refractivity contribution in [2.75, 3.05) is 20.2 Å². The Balaban J connectivity index is 0.000000136. The average molecular weight is 330 g/mol. The molecule has 2 aromatic rings. The van der Waals surface area contributed by atoms with Crippen molar-refractivity contribution >= 4 is 22.5 Å². The number of nitrogens with two attached hydrogens (primary N) is 2. The SMILES string of the molecule is C1CN2CCC23CCC13.CO[NH2+]c1ccc2[nH]nc(C(N)=O)c2c1. The van der Waals surface area contributed by atoms with Gasteiger partial charge in [-0.05, 0) is 44.2 Å². The third kappa shape index (κ3) is 2.31. The lowest BCUT2D eigenvalue weighted by atomic mass is 9.62. The minimum atomic E-state index is -0.546. The van der Waals surface area contributed by atoms with Crippen molar-refractivity contribution in [3.05, 3.63) is 23.9 Å². The van der Waals surface area contributed by atoms with Crippen LogP contribution < -0.4 is 11.2 Å². The lowest BCUT2D eigenvalue weighted by molar-refractivity contribution is -0.830. The second-order valence-corrected chi connectivity index (χ2v) is 6.96. The first-order valence-corrected chi connectivity index (χ1v) is 8.53. The maximum atomic E-state index is 11.0. The lowest BCUT2D eigenvalue weighted by Gasteiger charge is -2.58. The number of nitrogens with zero attached hydrogens (tertiary/aromatic N) is 2. The number of carbonyl (C=O) groups excluding carboxylic acids is 1. The van der Waals surface area contributed by atoms with E-state index in [-0.39, 0.29) is 5.69 Å². The molecule has 1 spiro atoms. The number of hydrogen-bond donors (Lipinski definition) is 3. The zero-order chi connectivity index (χ0) is 16.7. The van der Waals surface area contributed by atoms with Crippen LogP contribution in [0.3, 0.4) is 0 Å². The Kier molecular flexibility index (Phi) is 3.79. The van der Waals surface area contributed by atoms with Crippen LogP contribution in [0.15, 0.2) is 18.2 Å². The number of hydrogen-bond acceptors (Lipinski definition) is 4. The molecule has 7 heteroatoms. The van der Waals surface area contributed by atoms with Gasteiger partial charge in [-0.1, -0.05) is 0 Å². The summed E-state index contributed by atoms with van der Waals surface area (Å²) in [4.78, 5) is 18.6. The molecule has 2 aliphatic heterocycles. The van der Waals surface area contributed by atoms with Crippen molar-refractivity contribution < 1.29 is 15.1 Å². The van der Waals surface area contributed by atoms with Gasteiger partial charge in [0.15, 0.2) is 11.4 Å². The first-order chi connectivity index (χ1) is 11.6. The number of H-pyrrole nitrogens is 1.